The summed E-state index contributed by atoms with van der Waals surface area (Å²) in [6.45, 7) is 5.14. The average Bonchev–Trinajstić information content (AvgIpc) is 2.49. The highest BCUT2D eigenvalue weighted by Gasteiger charge is 2.25. The molecule has 1 atom stereocenters. The second-order valence-electron chi connectivity index (χ2n) is 6.15. The summed E-state index contributed by atoms with van der Waals surface area (Å²) >= 11 is 0. The van der Waals surface area contributed by atoms with E-state index in [0.29, 0.717) is 6.04 Å². The Balaban J connectivity index is 2.24. The number of rotatable bonds is 3. The molecule has 0 spiro atoms. The Morgan fingerprint density at radius 2 is 2.14 bits per heavy atom. The highest BCUT2D eigenvalue weighted by molar-refractivity contribution is 5.95. The van der Waals surface area contributed by atoms with Crippen molar-refractivity contribution in [3.8, 4) is 0 Å². The van der Waals surface area contributed by atoms with Crippen molar-refractivity contribution in [1.29, 1.82) is 0 Å². The molecule has 1 N–H and O–H groups in total. The van der Waals surface area contributed by atoms with Gasteiger partial charge in [-0.1, -0.05) is 18.2 Å². The fourth-order valence-electron chi connectivity index (χ4n) is 3.47. The van der Waals surface area contributed by atoms with Crippen LogP contribution in [0.5, 0.6) is 0 Å². The van der Waals surface area contributed by atoms with E-state index in [4.69, 9.17) is 0 Å². The zero-order valence-electron chi connectivity index (χ0n) is 13.2. The maximum absolute atomic E-state index is 11.3. The number of carboxylic acid groups (broad SMARTS) is 1. The first-order valence-corrected chi connectivity index (χ1v) is 7.94. The molecule has 1 saturated heterocycles. The predicted octanol–water partition coefficient (Wildman–Crippen LogP) is 3.55. The van der Waals surface area contributed by atoms with Crippen molar-refractivity contribution in [2.24, 2.45) is 0 Å². The topological polar surface area (TPSA) is 53.4 Å². The summed E-state index contributed by atoms with van der Waals surface area (Å²) in [6.07, 6.45) is 3.59. The minimum Gasteiger partial charge on any atom is -0.481 e. The molecule has 0 aliphatic carbocycles. The molecule has 2 aromatic rings. The molecular formula is C18H22N2O2. The Kier molecular flexibility index (Phi) is 4.01. The maximum atomic E-state index is 11.3. The average molecular weight is 298 g/mol. The van der Waals surface area contributed by atoms with Gasteiger partial charge in [0.25, 0.3) is 0 Å². The molecule has 3 rings (SSSR count). The number of aromatic nitrogens is 1. The standard InChI is InChI=1S/C18H22N2O2/c1-12-7-5-6-10-20(12)18-14-8-3-4-9-16(14)19-13(2)15(18)11-17(21)22/h3-4,8-9,12H,5-7,10-11H2,1-2H3,(H,21,22). The van der Waals surface area contributed by atoms with Crippen molar-refractivity contribution in [3.63, 3.8) is 0 Å². The molecule has 4 heteroatoms. The van der Waals surface area contributed by atoms with E-state index in [9.17, 15) is 9.90 Å². The zero-order chi connectivity index (χ0) is 15.7. The third-order valence-electron chi connectivity index (χ3n) is 4.59. The Morgan fingerprint density at radius 3 is 2.86 bits per heavy atom. The molecule has 0 saturated carbocycles. The molecular weight excluding hydrogens is 276 g/mol. The second kappa shape index (κ2) is 5.95. The number of anilines is 1. The molecule has 0 radical (unpaired) electrons. The zero-order valence-corrected chi connectivity index (χ0v) is 13.2. The molecule has 1 fully saturated rings. The number of carboxylic acids is 1. The summed E-state index contributed by atoms with van der Waals surface area (Å²) in [5, 5.41) is 10.4. The van der Waals surface area contributed by atoms with Crippen LogP contribution in [0.4, 0.5) is 5.69 Å². The number of aliphatic carboxylic acids is 1. The van der Waals surface area contributed by atoms with Gasteiger partial charge in [-0.25, -0.2) is 0 Å². The summed E-state index contributed by atoms with van der Waals surface area (Å²) in [5.41, 5.74) is 3.72. The lowest BCUT2D eigenvalue weighted by Gasteiger charge is -2.37. The number of aryl methyl sites for hydroxylation is 1. The number of hydrogen-bond donors (Lipinski definition) is 1. The van der Waals surface area contributed by atoms with E-state index in [2.05, 4.69) is 22.9 Å². The van der Waals surface area contributed by atoms with Gasteiger partial charge in [-0.05, 0) is 39.2 Å². The molecule has 2 heterocycles. The highest BCUT2D eigenvalue weighted by atomic mass is 16.4. The molecule has 1 aliphatic rings. The molecule has 0 bridgehead atoms. The Morgan fingerprint density at radius 1 is 1.36 bits per heavy atom. The van der Waals surface area contributed by atoms with Crippen LogP contribution in [0.2, 0.25) is 0 Å². The summed E-state index contributed by atoms with van der Waals surface area (Å²) in [7, 11) is 0. The van der Waals surface area contributed by atoms with E-state index < -0.39 is 5.97 Å². The molecule has 1 aromatic carbocycles. The van der Waals surface area contributed by atoms with Crippen LogP contribution in [0.1, 0.15) is 37.4 Å². The third kappa shape index (κ3) is 2.65. The van der Waals surface area contributed by atoms with E-state index in [1.165, 1.54) is 6.42 Å². The highest BCUT2D eigenvalue weighted by Crippen LogP contribution is 2.35. The minimum absolute atomic E-state index is 0.0300. The summed E-state index contributed by atoms with van der Waals surface area (Å²) in [5.74, 6) is -0.800. The molecule has 0 amide bonds. The minimum atomic E-state index is -0.800. The van der Waals surface area contributed by atoms with Crippen LogP contribution in [0.15, 0.2) is 24.3 Å². The SMILES string of the molecule is Cc1nc2ccccc2c(N2CCCCC2C)c1CC(=O)O. The molecule has 1 aliphatic heterocycles. The number of benzene rings is 1. The van der Waals surface area contributed by atoms with Crippen molar-refractivity contribution >= 4 is 22.6 Å². The first-order chi connectivity index (χ1) is 10.6. The van der Waals surface area contributed by atoms with Crippen LogP contribution >= 0.6 is 0 Å². The van der Waals surface area contributed by atoms with Crippen molar-refractivity contribution < 1.29 is 9.90 Å². The Hall–Kier alpha value is -2.10. The number of hydrogen-bond acceptors (Lipinski definition) is 3. The van der Waals surface area contributed by atoms with Crippen LogP contribution in [-0.4, -0.2) is 28.6 Å². The number of piperidine rings is 1. The van der Waals surface area contributed by atoms with Crippen molar-refractivity contribution in [1.82, 2.24) is 4.98 Å². The van der Waals surface area contributed by atoms with Gasteiger partial charge in [0.05, 0.1) is 17.6 Å². The molecule has 4 nitrogen and oxygen atoms in total. The van der Waals surface area contributed by atoms with Crippen LogP contribution in [0, 0.1) is 6.92 Å². The number of fused-ring (bicyclic) bond motifs is 1. The quantitative estimate of drug-likeness (QED) is 0.941. The van der Waals surface area contributed by atoms with Gasteiger partial charge in [-0.2, -0.15) is 0 Å². The van der Waals surface area contributed by atoms with Crippen molar-refractivity contribution in [3.05, 3.63) is 35.5 Å². The lowest BCUT2D eigenvalue weighted by atomic mass is 9.97. The third-order valence-corrected chi connectivity index (χ3v) is 4.59. The van der Waals surface area contributed by atoms with Gasteiger partial charge >= 0.3 is 5.97 Å². The predicted molar refractivity (Wildman–Crippen MR) is 88.5 cm³/mol. The monoisotopic (exact) mass is 298 g/mol. The number of carbonyl (C=O) groups is 1. The van der Waals surface area contributed by atoms with E-state index in [1.54, 1.807) is 0 Å². The normalized spacial score (nSPS) is 18.6. The van der Waals surface area contributed by atoms with E-state index >= 15 is 0 Å². The fraction of sp³-hybridized carbons (Fsp3) is 0.444. The van der Waals surface area contributed by atoms with Crippen molar-refractivity contribution in [2.75, 3.05) is 11.4 Å². The molecule has 116 valence electrons. The first kappa shape index (κ1) is 14.8. The molecule has 1 aromatic heterocycles. The fourth-order valence-corrected chi connectivity index (χ4v) is 3.47. The lowest BCUT2D eigenvalue weighted by molar-refractivity contribution is -0.136. The van der Waals surface area contributed by atoms with Gasteiger partial charge in [0.1, 0.15) is 0 Å². The van der Waals surface area contributed by atoms with Crippen molar-refractivity contribution in [2.45, 2.75) is 45.6 Å². The van der Waals surface area contributed by atoms with Crippen LogP contribution in [0.25, 0.3) is 10.9 Å². The first-order valence-electron chi connectivity index (χ1n) is 7.94. The van der Waals surface area contributed by atoms with Crippen LogP contribution in [0.3, 0.4) is 0 Å². The number of para-hydroxylation sites is 1. The number of nitrogens with zero attached hydrogens (tertiary/aromatic N) is 2. The lowest BCUT2D eigenvalue weighted by Crippen LogP contribution is -2.38. The summed E-state index contributed by atoms with van der Waals surface area (Å²) in [6, 6.07) is 8.48. The maximum Gasteiger partial charge on any atom is 0.307 e. The van der Waals surface area contributed by atoms with Crippen LogP contribution in [-0.2, 0) is 11.2 Å². The van der Waals surface area contributed by atoms with Gasteiger partial charge in [-0.3, -0.25) is 9.78 Å². The Bertz CT molecular complexity index is 712. The largest absolute Gasteiger partial charge is 0.481 e. The van der Waals surface area contributed by atoms with Gasteiger partial charge < -0.3 is 10.0 Å². The second-order valence-corrected chi connectivity index (χ2v) is 6.15. The van der Waals surface area contributed by atoms with E-state index in [0.717, 1.165) is 47.2 Å². The number of pyridine rings is 1. The van der Waals surface area contributed by atoms with Gasteiger partial charge in [0, 0.05) is 29.2 Å². The van der Waals surface area contributed by atoms with E-state index in [-0.39, 0.29) is 6.42 Å². The van der Waals surface area contributed by atoms with Gasteiger partial charge in [0.15, 0.2) is 0 Å². The molecule has 1 unspecified atom stereocenters. The van der Waals surface area contributed by atoms with E-state index in [1.807, 2.05) is 25.1 Å². The smallest absolute Gasteiger partial charge is 0.307 e. The van der Waals surface area contributed by atoms with Gasteiger partial charge in [0.2, 0.25) is 0 Å². The summed E-state index contributed by atoms with van der Waals surface area (Å²) in [4.78, 5) is 18.3. The van der Waals surface area contributed by atoms with Gasteiger partial charge in [-0.15, -0.1) is 0 Å². The summed E-state index contributed by atoms with van der Waals surface area (Å²) < 4.78 is 0. The Labute approximate surface area is 130 Å². The van der Waals surface area contributed by atoms with Crippen LogP contribution < -0.4 is 4.90 Å². The molecule has 22 heavy (non-hydrogen) atoms.